The van der Waals surface area contributed by atoms with Crippen molar-refractivity contribution in [2.75, 3.05) is 17.3 Å². The summed E-state index contributed by atoms with van der Waals surface area (Å²) in [5.74, 6) is 0.912. The summed E-state index contributed by atoms with van der Waals surface area (Å²) in [7, 11) is 2.05. The van der Waals surface area contributed by atoms with Gasteiger partial charge < -0.3 is 10.2 Å². The molecule has 0 atom stereocenters. The first-order chi connectivity index (χ1) is 11.7. The van der Waals surface area contributed by atoms with Gasteiger partial charge in [0, 0.05) is 22.8 Å². The lowest BCUT2D eigenvalue weighted by molar-refractivity contribution is 1.24. The molecule has 0 saturated carbocycles. The van der Waals surface area contributed by atoms with Crippen molar-refractivity contribution in [1.29, 1.82) is 0 Å². The van der Waals surface area contributed by atoms with Gasteiger partial charge in [-0.15, -0.1) is 0 Å². The van der Waals surface area contributed by atoms with E-state index in [0.29, 0.717) is 0 Å². The summed E-state index contributed by atoms with van der Waals surface area (Å²) in [5, 5.41) is 3.50. The van der Waals surface area contributed by atoms with Gasteiger partial charge in [0.25, 0.3) is 0 Å². The van der Waals surface area contributed by atoms with Crippen LogP contribution in [0.2, 0.25) is 0 Å². The monoisotopic (exact) mass is 377 g/mol. The van der Waals surface area contributed by atoms with E-state index in [1.165, 1.54) is 0 Å². The lowest BCUT2D eigenvalue weighted by Gasteiger charge is -2.23. The number of rotatable bonds is 1. The molecule has 0 saturated heterocycles. The number of hydrogen-bond donors (Lipinski definition) is 1. The molecule has 1 N–H and O–H groups in total. The highest BCUT2D eigenvalue weighted by molar-refractivity contribution is 9.10. The van der Waals surface area contributed by atoms with Crippen LogP contribution in [0.25, 0.3) is 0 Å². The summed E-state index contributed by atoms with van der Waals surface area (Å²) < 4.78 is 1.04. The van der Waals surface area contributed by atoms with Crippen LogP contribution in [0.4, 0.5) is 22.7 Å². The second kappa shape index (κ2) is 6.13. The van der Waals surface area contributed by atoms with Gasteiger partial charge >= 0.3 is 0 Å². The van der Waals surface area contributed by atoms with Crippen LogP contribution in [0.5, 0.6) is 0 Å². The van der Waals surface area contributed by atoms with Crippen LogP contribution in [-0.4, -0.2) is 12.9 Å². The number of hydrogen-bond acceptors (Lipinski definition) is 3. The van der Waals surface area contributed by atoms with Crippen molar-refractivity contribution in [2.45, 2.75) is 0 Å². The number of fused-ring (bicyclic) bond motifs is 2. The third-order valence-corrected chi connectivity index (χ3v) is 4.77. The van der Waals surface area contributed by atoms with Crippen molar-refractivity contribution < 1.29 is 0 Å². The number of aliphatic imine (C=N–C) groups is 1. The van der Waals surface area contributed by atoms with E-state index in [1.54, 1.807) is 0 Å². The molecule has 24 heavy (non-hydrogen) atoms. The molecule has 3 aromatic carbocycles. The molecule has 1 aliphatic heterocycles. The fourth-order valence-electron chi connectivity index (χ4n) is 2.88. The molecule has 0 fully saturated rings. The molecule has 0 unspecified atom stereocenters. The SMILES string of the molecule is CN(C1=Nc2ccccc2Nc2ccccc21)c1ccccc1Br. The summed E-state index contributed by atoms with van der Waals surface area (Å²) in [5.41, 5.74) is 5.15. The Morgan fingerprint density at radius 2 is 1.50 bits per heavy atom. The van der Waals surface area contributed by atoms with Crippen molar-refractivity contribution in [3.63, 3.8) is 0 Å². The predicted octanol–water partition coefficient (Wildman–Crippen LogP) is 5.72. The van der Waals surface area contributed by atoms with Gasteiger partial charge in [0.15, 0.2) is 0 Å². The minimum atomic E-state index is 0.912. The van der Waals surface area contributed by atoms with Gasteiger partial charge in [-0.25, -0.2) is 4.99 Å². The first kappa shape index (κ1) is 15.0. The lowest BCUT2D eigenvalue weighted by Crippen LogP contribution is -2.27. The normalized spacial score (nSPS) is 12.3. The molecule has 0 bridgehead atoms. The number of nitrogens with one attached hydrogen (secondary N) is 1. The van der Waals surface area contributed by atoms with Gasteiger partial charge in [-0.2, -0.15) is 0 Å². The number of para-hydroxylation sites is 4. The molecule has 4 rings (SSSR count). The quantitative estimate of drug-likeness (QED) is 0.586. The van der Waals surface area contributed by atoms with Gasteiger partial charge in [0.2, 0.25) is 0 Å². The lowest BCUT2D eigenvalue weighted by atomic mass is 10.1. The Hall–Kier alpha value is -2.59. The Labute approximate surface area is 149 Å². The minimum Gasteiger partial charge on any atom is -0.353 e. The molecule has 0 aliphatic carbocycles. The molecular formula is C20H16BrN3. The zero-order valence-electron chi connectivity index (χ0n) is 13.2. The molecule has 0 spiro atoms. The van der Waals surface area contributed by atoms with Crippen molar-refractivity contribution in [3.8, 4) is 0 Å². The maximum atomic E-state index is 4.96. The molecule has 0 amide bonds. The largest absolute Gasteiger partial charge is 0.353 e. The smallest absolute Gasteiger partial charge is 0.142 e. The van der Waals surface area contributed by atoms with E-state index >= 15 is 0 Å². The third kappa shape index (κ3) is 2.59. The van der Waals surface area contributed by atoms with E-state index in [0.717, 1.165) is 38.6 Å². The molecule has 3 aromatic rings. The molecule has 4 heteroatoms. The van der Waals surface area contributed by atoms with Gasteiger partial charge in [-0.3, -0.25) is 0 Å². The van der Waals surface area contributed by atoms with Gasteiger partial charge in [0.05, 0.1) is 17.1 Å². The zero-order valence-corrected chi connectivity index (χ0v) is 14.8. The number of nitrogens with zero attached hydrogens (tertiary/aromatic N) is 2. The van der Waals surface area contributed by atoms with Crippen LogP contribution < -0.4 is 10.2 Å². The summed E-state index contributed by atoms with van der Waals surface area (Å²) in [6.07, 6.45) is 0. The van der Waals surface area contributed by atoms with E-state index in [9.17, 15) is 0 Å². The van der Waals surface area contributed by atoms with Gasteiger partial charge in [0.1, 0.15) is 5.84 Å². The first-order valence-electron chi connectivity index (χ1n) is 7.76. The maximum absolute atomic E-state index is 4.96. The van der Waals surface area contributed by atoms with Crippen molar-refractivity contribution in [3.05, 3.63) is 82.8 Å². The summed E-state index contributed by atoms with van der Waals surface area (Å²) in [6.45, 7) is 0. The average Bonchev–Trinajstić information content (AvgIpc) is 2.78. The molecule has 3 nitrogen and oxygen atoms in total. The van der Waals surface area contributed by atoms with Crippen LogP contribution in [0.3, 0.4) is 0 Å². The number of benzene rings is 3. The van der Waals surface area contributed by atoms with Crippen LogP contribution in [0, 0.1) is 0 Å². The summed E-state index contributed by atoms with van der Waals surface area (Å²) >= 11 is 3.64. The van der Waals surface area contributed by atoms with Crippen molar-refractivity contribution in [2.24, 2.45) is 4.99 Å². The topological polar surface area (TPSA) is 27.6 Å². The number of anilines is 3. The van der Waals surface area contributed by atoms with E-state index in [2.05, 4.69) is 50.4 Å². The fourth-order valence-corrected chi connectivity index (χ4v) is 3.43. The van der Waals surface area contributed by atoms with Crippen LogP contribution in [0.15, 0.2) is 82.3 Å². The van der Waals surface area contributed by atoms with Crippen LogP contribution in [-0.2, 0) is 0 Å². The minimum absolute atomic E-state index is 0.912. The van der Waals surface area contributed by atoms with Gasteiger partial charge in [-0.05, 0) is 52.3 Å². The number of halogens is 1. The Kier molecular flexibility index (Phi) is 3.82. The molecule has 1 aliphatic rings. The standard InChI is InChI=1S/C20H16BrN3/c1-24(19-13-7-3-9-15(19)21)20-14-8-2-4-10-16(14)22-17-11-5-6-12-18(17)23-20/h2-13,22H,1H3. The van der Waals surface area contributed by atoms with Crippen LogP contribution in [0.1, 0.15) is 5.56 Å². The third-order valence-electron chi connectivity index (χ3n) is 4.10. The molecule has 0 radical (unpaired) electrons. The molecule has 0 aromatic heterocycles. The second-order valence-corrected chi connectivity index (χ2v) is 6.49. The Balaban J connectivity index is 1.92. The van der Waals surface area contributed by atoms with E-state index in [4.69, 9.17) is 4.99 Å². The highest BCUT2D eigenvalue weighted by Gasteiger charge is 2.20. The first-order valence-corrected chi connectivity index (χ1v) is 8.56. The molecule has 118 valence electrons. The fraction of sp³-hybridized carbons (Fsp3) is 0.0500. The van der Waals surface area contributed by atoms with Gasteiger partial charge in [-0.1, -0.05) is 36.4 Å². The predicted molar refractivity (Wildman–Crippen MR) is 105 cm³/mol. The second-order valence-electron chi connectivity index (χ2n) is 5.63. The highest BCUT2D eigenvalue weighted by atomic mass is 79.9. The molecular weight excluding hydrogens is 362 g/mol. The van der Waals surface area contributed by atoms with Crippen molar-refractivity contribution in [1.82, 2.24) is 0 Å². The summed E-state index contributed by atoms with van der Waals surface area (Å²) in [6, 6.07) is 24.5. The average molecular weight is 378 g/mol. The Morgan fingerprint density at radius 3 is 2.33 bits per heavy atom. The Morgan fingerprint density at radius 1 is 0.833 bits per heavy atom. The van der Waals surface area contributed by atoms with E-state index < -0.39 is 0 Å². The van der Waals surface area contributed by atoms with E-state index in [1.807, 2.05) is 55.6 Å². The zero-order chi connectivity index (χ0) is 16.5. The highest BCUT2D eigenvalue weighted by Crippen LogP contribution is 2.36. The Bertz CT molecular complexity index is 933. The maximum Gasteiger partial charge on any atom is 0.142 e. The van der Waals surface area contributed by atoms with E-state index in [-0.39, 0.29) is 0 Å². The summed E-state index contributed by atoms with van der Waals surface area (Å²) in [4.78, 5) is 7.07. The van der Waals surface area contributed by atoms with Crippen LogP contribution >= 0.6 is 15.9 Å². The van der Waals surface area contributed by atoms with Crippen molar-refractivity contribution >= 4 is 44.5 Å². The number of amidine groups is 1. The molecule has 1 heterocycles.